The number of thiophene rings is 1. The second-order valence-electron chi connectivity index (χ2n) is 3.30. The van der Waals surface area contributed by atoms with Crippen LogP contribution in [0.4, 0.5) is 5.69 Å². The second kappa shape index (κ2) is 5.80. The second-order valence-corrected chi connectivity index (χ2v) is 6.32. The third-order valence-electron chi connectivity index (χ3n) is 2.07. The van der Waals surface area contributed by atoms with Gasteiger partial charge in [0.15, 0.2) is 0 Å². The van der Waals surface area contributed by atoms with E-state index in [1.54, 1.807) is 6.07 Å². The van der Waals surface area contributed by atoms with Gasteiger partial charge in [0.05, 0.1) is 15.7 Å². The summed E-state index contributed by atoms with van der Waals surface area (Å²) in [6.45, 7) is 0. The Kier molecular flexibility index (Phi) is 4.56. The van der Waals surface area contributed by atoms with E-state index in [1.807, 2.05) is 5.38 Å². The van der Waals surface area contributed by atoms with Gasteiger partial charge in [-0.2, -0.15) is 0 Å². The summed E-state index contributed by atoms with van der Waals surface area (Å²) in [7, 11) is 0. The van der Waals surface area contributed by atoms with E-state index in [9.17, 15) is 4.79 Å². The lowest BCUT2D eigenvalue weighted by molar-refractivity contribution is 0.103. The van der Waals surface area contributed by atoms with Crippen LogP contribution in [0.5, 0.6) is 0 Å². The maximum atomic E-state index is 12.0. The zero-order valence-electron chi connectivity index (χ0n) is 8.64. The summed E-state index contributed by atoms with van der Waals surface area (Å²) in [5.74, 6) is -0.275. The van der Waals surface area contributed by atoms with Crippen LogP contribution in [0.1, 0.15) is 9.67 Å². The quantitative estimate of drug-likeness (QED) is 0.703. The van der Waals surface area contributed by atoms with Crippen molar-refractivity contribution in [1.29, 1.82) is 0 Å². The predicted octanol–water partition coefficient (Wildman–Crippen LogP) is 5.72. The van der Waals surface area contributed by atoms with E-state index >= 15 is 0 Å². The molecule has 18 heavy (non-hydrogen) atoms. The Morgan fingerprint density at radius 1 is 1.22 bits per heavy atom. The normalized spacial score (nSPS) is 10.4. The van der Waals surface area contributed by atoms with Crippen LogP contribution in [-0.2, 0) is 0 Å². The van der Waals surface area contributed by atoms with Gasteiger partial charge in [-0.1, -0.05) is 34.8 Å². The molecule has 0 unspecified atom stereocenters. The first-order chi connectivity index (χ1) is 8.49. The van der Waals surface area contributed by atoms with Gasteiger partial charge in [0, 0.05) is 9.50 Å². The number of halogens is 4. The Labute approximate surface area is 131 Å². The zero-order valence-corrected chi connectivity index (χ0v) is 13.3. The fourth-order valence-corrected chi connectivity index (χ4v) is 3.65. The van der Waals surface area contributed by atoms with E-state index in [0.717, 1.165) is 4.47 Å². The molecule has 0 bridgehead atoms. The van der Waals surface area contributed by atoms with Crippen molar-refractivity contribution in [2.24, 2.45) is 0 Å². The maximum absolute atomic E-state index is 12.0. The Bertz CT molecular complexity index is 591. The highest BCUT2D eigenvalue weighted by molar-refractivity contribution is 9.10. The zero-order chi connectivity index (χ0) is 13.3. The predicted molar refractivity (Wildman–Crippen MR) is 81.4 cm³/mol. The minimum absolute atomic E-state index is 0.275. The van der Waals surface area contributed by atoms with Crippen LogP contribution in [0.15, 0.2) is 28.1 Å². The van der Waals surface area contributed by atoms with Crippen molar-refractivity contribution >= 4 is 73.7 Å². The van der Waals surface area contributed by atoms with Gasteiger partial charge in [-0.25, -0.2) is 0 Å². The molecule has 0 spiro atoms. The van der Waals surface area contributed by atoms with Gasteiger partial charge < -0.3 is 5.32 Å². The summed E-state index contributed by atoms with van der Waals surface area (Å²) in [5.41, 5.74) is 0.355. The van der Waals surface area contributed by atoms with Crippen LogP contribution in [0, 0.1) is 0 Å². The molecule has 2 aromatic rings. The van der Waals surface area contributed by atoms with Crippen LogP contribution in [0.25, 0.3) is 0 Å². The van der Waals surface area contributed by atoms with Crippen LogP contribution in [-0.4, -0.2) is 5.91 Å². The van der Waals surface area contributed by atoms with Gasteiger partial charge in [0.2, 0.25) is 0 Å². The van der Waals surface area contributed by atoms with Crippen molar-refractivity contribution in [3.8, 4) is 0 Å². The van der Waals surface area contributed by atoms with Gasteiger partial charge in [-0.05, 0) is 39.5 Å². The molecule has 1 heterocycles. The number of hydrogen-bond acceptors (Lipinski definition) is 2. The fourth-order valence-electron chi connectivity index (χ4n) is 1.29. The Morgan fingerprint density at radius 2 is 1.83 bits per heavy atom. The third-order valence-corrected chi connectivity index (χ3v) is 4.72. The molecule has 1 aromatic heterocycles. The first-order valence-corrected chi connectivity index (χ1v) is 7.48. The highest BCUT2D eigenvalue weighted by atomic mass is 79.9. The molecule has 1 aromatic carbocycles. The molecule has 0 aliphatic heterocycles. The van der Waals surface area contributed by atoms with Gasteiger partial charge in [-0.15, -0.1) is 11.3 Å². The Balaban J connectivity index is 2.31. The molecule has 1 N–H and O–H groups in total. The topological polar surface area (TPSA) is 29.1 Å². The summed E-state index contributed by atoms with van der Waals surface area (Å²) in [4.78, 5) is 12.6. The molecule has 0 fully saturated rings. The highest BCUT2D eigenvalue weighted by Crippen LogP contribution is 2.34. The molecule has 0 radical (unpaired) electrons. The first kappa shape index (κ1) is 14.2. The molecule has 2 nitrogen and oxygen atoms in total. The largest absolute Gasteiger partial charge is 0.319 e. The summed E-state index contributed by atoms with van der Waals surface area (Å²) in [6.07, 6.45) is 0. The molecule has 0 saturated carbocycles. The Morgan fingerprint density at radius 3 is 2.33 bits per heavy atom. The van der Waals surface area contributed by atoms with Crippen LogP contribution in [0.3, 0.4) is 0 Å². The van der Waals surface area contributed by atoms with Crippen molar-refractivity contribution in [1.82, 2.24) is 0 Å². The van der Waals surface area contributed by atoms with E-state index in [-0.39, 0.29) is 5.91 Å². The molecule has 7 heteroatoms. The molecule has 2 rings (SSSR count). The van der Waals surface area contributed by atoms with Crippen molar-refractivity contribution in [3.05, 3.63) is 48.0 Å². The molecule has 0 saturated heterocycles. The molecule has 0 aliphatic rings. The van der Waals surface area contributed by atoms with Crippen LogP contribution < -0.4 is 5.32 Å². The number of anilines is 1. The lowest BCUT2D eigenvalue weighted by Crippen LogP contribution is -2.11. The number of nitrogens with one attached hydrogen (secondary N) is 1. The molecule has 0 atom stereocenters. The van der Waals surface area contributed by atoms with Crippen molar-refractivity contribution in [2.75, 3.05) is 5.32 Å². The number of carbonyl (C=O) groups is 1. The molecular weight excluding hydrogens is 380 g/mol. The average Bonchev–Trinajstić information content (AvgIpc) is 2.69. The van der Waals surface area contributed by atoms with Crippen LogP contribution >= 0.6 is 62.1 Å². The van der Waals surface area contributed by atoms with Crippen molar-refractivity contribution < 1.29 is 4.79 Å². The number of rotatable bonds is 2. The monoisotopic (exact) mass is 383 g/mol. The van der Waals surface area contributed by atoms with Crippen molar-refractivity contribution in [3.63, 3.8) is 0 Å². The summed E-state index contributed by atoms with van der Waals surface area (Å²) < 4.78 is 0.728. The average molecular weight is 385 g/mol. The fraction of sp³-hybridized carbons (Fsp3) is 0. The molecule has 94 valence electrons. The SMILES string of the molecule is O=C(Nc1c(Cl)cc(Cl)cc1Cl)c1sccc1Br. The van der Waals surface area contributed by atoms with E-state index in [0.29, 0.717) is 25.6 Å². The standard InChI is InChI=1S/C11H5BrCl3NOS/c12-6-1-2-18-10(6)11(17)16-9-7(14)3-5(13)4-8(9)15/h1-4H,(H,16,17). The van der Waals surface area contributed by atoms with E-state index in [4.69, 9.17) is 34.8 Å². The van der Waals surface area contributed by atoms with E-state index < -0.39 is 0 Å². The van der Waals surface area contributed by atoms with Crippen LogP contribution in [0.2, 0.25) is 15.1 Å². The minimum atomic E-state index is -0.275. The first-order valence-electron chi connectivity index (χ1n) is 4.68. The summed E-state index contributed by atoms with van der Waals surface area (Å²) >= 11 is 22.4. The lowest BCUT2D eigenvalue weighted by Gasteiger charge is -2.09. The van der Waals surface area contributed by atoms with E-state index in [2.05, 4.69) is 21.2 Å². The maximum Gasteiger partial charge on any atom is 0.266 e. The number of carbonyl (C=O) groups excluding carboxylic acids is 1. The molecule has 0 aliphatic carbocycles. The minimum Gasteiger partial charge on any atom is -0.319 e. The summed E-state index contributed by atoms with van der Waals surface area (Å²) in [5, 5.41) is 5.49. The number of amides is 1. The molecule has 1 amide bonds. The number of hydrogen-bond donors (Lipinski definition) is 1. The van der Waals surface area contributed by atoms with Gasteiger partial charge >= 0.3 is 0 Å². The summed E-state index contributed by atoms with van der Waals surface area (Å²) in [6, 6.07) is 4.84. The van der Waals surface area contributed by atoms with E-state index in [1.165, 1.54) is 23.5 Å². The Hall–Kier alpha value is -0.260. The highest BCUT2D eigenvalue weighted by Gasteiger charge is 2.15. The third kappa shape index (κ3) is 3.00. The van der Waals surface area contributed by atoms with Crippen molar-refractivity contribution in [2.45, 2.75) is 0 Å². The van der Waals surface area contributed by atoms with Gasteiger partial charge in [0.1, 0.15) is 4.88 Å². The number of benzene rings is 1. The van der Waals surface area contributed by atoms with Gasteiger partial charge in [-0.3, -0.25) is 4.79 Å². The van der Waals surface area contributed by atoms with Gasteiger partial charge in [0.25, 0.3) is 5.91 Å². The molecular formula is C11H5BrCl3NOS. The lowest BCUT2D eigenvalue weighted by atomic mass is 10.3. The smallest absolute Gasteiger partial charge is 0.266 e.